The lowest BCUT2D eigenvalue weighted by Crippen LogP contribution is -2.11. The molecule has 1 heterocycles. The second-order valence-corrected chi connectivity index (χ2v) is 5.31. The van der Waals surface area contributed by atoms with Crippen molar-refractivity contribution in [3.8, 4) is 5.75 Å². The number of carbonyl (C=O) groups is 1. The largest absolute Gasteiger partial charge is 0.495 e. The highest BCUT2D eigenvalue weighted by Crippen LogP contribution is 2.35. The van der Waals surface area contributed by atoms with Crippen molar-refractivity contribution >= 4 is 28.1 Å². The monoisotopic (exact) mass is 292 g/mol. The molecule has 2 rings (SSSR count). The van der Waals surface area contributed by atoms with Crippen LogP contribution in [0.15, 0.2) is 24.3 Å². The van der Waals surface area contributed by atoms with Gasteiger partial charge in [-0.25, -0.2) is 9.78 Å². The third-order valence-electron chi connectivity index (χ3n) is 2.90. The number of esters is 1. The van der Waals surface area contributed by atoms with E-state index in [4.69, 9.17) is 9.47 Å². The predicted molar refractivity (Wildman–Crippen MR) is 79.2 cm³/mol. The molecule has 0 aliphatic carbocycles. The number of anilines is 2. The molecule has 1 aromatic carbocycles. The number of aryl methyl sites for hydroxylation is 1. The zero-order valence-corrected chi connectivity index (χ0v) is 12.7. The van der Waals surface area contributed by atoms with E-state index in [1.165, 1.54) is 18.4 Å². The van der Waals surface area contributed by atoms with Crippen LogP contribution in [0.2, 0.25) is 0 Å². The smallest absolute Gasteiger partial charge is 0.357 e. The third-order valence-corrected chi connectivity index (χ3v) is 3.94. The molecule has 20 heavy (non-hydrogen) atoms. The molecule has 2 aromatic rings. The SMILES string of the molecule is COC(=O)c1nc(N(C)c2ccccc2OC)sc1C. The van der Waals surface area contributed by atoms with E-state index in [9.17, 15) is 4.79 Å². The highest BCUT2D eigenvalue weighted by molar-refractivity contribution is 7.15. The van der Waals surface area contributed by atoms with Crippen molar-refractivity contribution in [1.82, 2.24) is 4.98 Å². The van der Waals surface area contributed by atoms with Crippen molar-refractivity contribution in [2.75, 3.05) is 26.2 Å². The number of para-hydroxylation sites is 2. The van der Waals surface area contributed by atoms with Crippen LogP contribution in [0.25, 0.3) is 0 Å². The van der Waals surface area contributed by atoms with Gasteiger partial charge in [-0.1, -0.05) is 12.1 Å². The Morgan fingerprint density at radius 1 is 1.30 bits per heavy atom. The summed E-state index contributed by atoms with van der Waals surface area (Å²) < 4.78 is 10.1. The Morgan fingerprint density at radius 2 is 2.00 bits per heavy atom. The van der Waals surface area contributed by atoms with Crippen molar-refractivity contribution in [1.29, 1.82) is 0 Å². The minimum atomic E-state index is -0.418. The number of aromatic nitrogens is 1. The summed E-state index contributed by atoms with van der Waals surface area (Å²) >= 11 is 1.44. The number of nitrogens with zero attached hydrogens (tertiary/aromatic N) is 2. The average molecular weight is 292 g/mol. The summed E-state index contributed by atoms with van der Waals surface area (Å²) in [6.07, 6.45) is 0. The van der Waals surface area contributed by atoms with Crippen LogP contribution in [-0.4, -0.2) is 32.2 Å². The molecule has 0 aliphatic heterocycles. The van der Waals surface area contributed by atoms with Crippen LogP contribution >= 0.6 is 11.3 Å². The molecule has 0 saturated carbocycles. The maximum Gasteiger partial charge on any atom is 0.357 e. The van der Waals surface area contributed by atoms with Gasteiger partial charge in [-0.05, 0) is 19.1 Å². The first kappa shape index (κ1) is 14.3. The second-order valence-electron chi connectivity index (χ2n) is 4.12. The summed E-state index contributed by atoms with van der Waals surface area (Å²) in [6, 6.07) is 7.65. The Morgan fingerprint density at radius 3 is 2.65 bits per heavy atom. The Hall–Kier alpha value is -2.08. The van der Waals surface area contributed by atoms with Gasteiger partial charge in [-0.15, -0.1) is 11.3 Å². The lowest BCUT2D eigenvalue weighted by molar-refractivity contribution is 0.0594. The summed E-state index contributed by atoms with van der Waals surface area (Å²) in [6.45, 7) is 1.85. The number of hydrogen-bond donors (Lipinski definition) is 0. The van der Waals surface area contributed by atoms with E-state index >= 15 is 0 Å². The summed E-state index contributed by atoms with van der Waals surface area (Å²) in [5, 5.41) is 0.715. The molecule has 0 amide bonds. The van der Waals surface area contributed by atoms with E-state index in [-0.39, 0.29) is 0 Å². The first-order chi connectivity index (χ1) is 9.58. The number of ether oxygens (including phenoxy) is 2. The predicted octanol–water partition coefficient (Wildman–Crippen LogP) is 3.01. The topological polar surface area (TPSA) is 51.7 Å². The van der Waals surface area contributed by atoms with E-state index in [0.717, 1.165) is 16.3 Å². The van der Waals surface area contributed by atoms with Gasteiger partial charge in [-0.2, -0.15) is 0 Å². The minimum absolute atomic E-state index is 0.356. The second kappa shape index (κ2) is 5.92. The van der Waals surface area contributed by atoms with Gasteiger partial charge < -0.3 is 14.4 Å². The number of carbonyl (C=O) groups excluding carboxylic acids is 1. The molecular formula is C14H16N2O3S. The Balaban J connectivity index is 2.39. The van der Waals surface area contributed by atoms with E-state index < -0.39 is 5.97 Å². The van der Waals surface area contributed by atoms with E-state index in [0.29, 0.717) is 10.8 Å². The summed E-state index contributed by atoms with van der Waals surface area (Å²) in [4.78, 5) is 18.7. The fourth-order valence-electron chi connectivity index (χ4n) is 1.82. The number of benzene rings is 1. The third kappa shape index (κ3) is 2.60. The molecule has 0 radical (unpaired) electrons. The van der Waals surface area contributed by atoms with E-state index in [2.05, 4.69) is 4.98 Å². The van der Waals surface area contributed by atoms with Gasteiger partial charge in [0.05, 0.1) is 19.9 Å². The lowest BCUT2D eigenvalue weighted by atomic mass is 10.3. The molecule has 0 bridgehead atoms. The maximum atomic E-state index is 11.6. The Kier molecular flexibility index (Phi) is 4.24. The van der Waals surface area contributed by atoms with Gasteiger partial charge in [0.2, 0.25) is 0 Å². The molecule has 0 fully saturated rings. The van der Waals surface area contributed by atoms with Crippen molar-refractivity contribution in [3.05, 3.63) is 34.8 Å². The normalized spacial score (nSPS) is 10.2. The summed E-state index contributed by atoms with van der Waals surface area (Å²) in [5.41, 5.74) is 1.24. The lowest BCUT2D eigenvalue weighted by Gasteiger charge is -2.18. The molecule has 0 aliphatic rings. The number of rotatable bonds is 4. The van der Waals surface area contributed by atoms with E-state index in [1.54, 1.807) is 7.11 Å². The van der Waals surface area contributed by atoms with Gasteiger partial charge in [0.1, 0.15) is 5.75 Å². The van der Waals surface area contributed by atoms with Crippen LogP contribution in [0.3, 0.4) is 0 Å². The van der Waals surface area contributed by atoms with Crippen LogP contribution in [-0.2, 0) is 4.74 Å². The molecule has 0 saturated heterocycles. The summed E-state index contributed by atoms with van der Waals surface area (Å²) in [7, 11) is 4.86. The van der Waals surface area contributed by atoms with Crippen molar-refractivity contribution < 1.29 is 14.3 Å². The fourth-order valence-corrected chi connectivity index (χ4v) is 2.69. The average Bonchev–Trinajstić information content (AvgIpc) is 2.87. The number of thiazole rings is 1. The maximum absolute atomic E-state index is 11.6. The molecular weight excluding hydrogens is 276 g/mol. The number of hydrogen-bond acceptors (Lipinski definition) is 6. The van der Waals surface area contributed by atoms with Crippen LogP contribution in [0.4, 0.5) is 10.8 Å². The standard InChI is InChI=1S/C14H16N2O3S/c1-9-12(13(17)19-4)15-14(20-9)16(2)10-7-5-6-8-11(10)18-3/h5-8H,1-4H3. The molecule has 0 spiro atoms. The Bertz CT molecular complexity index is 625. The molecule has 106 valence electrons. The van der Waals surface area contributed by atoms with Gasteiger partial charge in [0.25, 0.3) is 0 Å². The zero-order chi connectivity index (χ0) is 14.7. The quantitative estimate of drug-likeness (QED) is 0.811. The van der Waals surface area contributed by atoms with Crippen LogP contribution in [0.5, 0.6) is 5.75 Å². The van der Waals surface area contributed by atoms with Crippen molar-refractivity contribution in [2.24, 2.45) is 0 Å². The van der Waals surface area contributed by atoms with E-state index in [1.807, 2.05) is 43.1 Å². The zero-order valence-electron chi connectivity index (χ0n) is 11.8. The first-order valence-corrected chi connectivity index (χ1v) is 6.82. The molecule has 0 N–H and O–H groups in total. The Labute approximate surface area is 121 Å². The number of methoxy groups -OCH3 is 2. The van der Waals surface area contributed by atoms with Crippen LogP contribution in [0, 0.1) is 6.92 Å². The molecule has 0 atom stereocenters. The van der Waals surface area contributed by atoms with Crippen molar-refractivity contribution in [3.63, 3.8) is 0 Å². The van der Waals surface area contributed by atoms with Gasteiger partial charge in [-0.3, -0.25) is 0 Å². The highest BCUT2D eigenvalue weighted by atomic mass is 32.1. The highest BCUT2D eigenvalue weighted by Gasteiger charge is 2.19. The molecule has 1 aromatic heterocycles. The van der Waals surface area contributed by atoms with Crippen molar-refractivity contribution in [2.45, 2.75) is 6.92 Å². The molecule has 5 nitrogen and oxygen atoms in total. The van der Waals surface area contributed by atoms with Gasteiger partial charge >= 0.3 is 5.97 Å². The fraction of sp³-hybridized carbons (Fsp3) is 0.286. The van der Waals surface area contributed by atoms with Crippen LogP contribution in [0.1, 0.15) is 15.4 Å². The van der Waals surface area contributed by atoms with Gasteiger partial charge in [0.15, 0.2) is 10.8 Å². The minimum Gasteiger partial charge on any atom is -0.495 e. The molecule has 0 unspecified atom stereocenters. The summed E-state index contributed by atoms with van der Waals surface area (Å²) in [5.74, 6) is 0.334. The molecule has 6 heteroatoms. The van der Waals surface area contributed by atoms with Crippen LogP contribution < -0.4 is 9.64 Å². The first-order valence-electron chi connectivity index (χ1n) is 6.01. The van der Waals surface area contributed by atoms with Gasteiger partial charge in [0, 0.05) is 11.9 Å².